The van der Waals surface area contributed by atoms with Crippen LogP contribution >= 0.6 is 11.6 Å². The number of anilines is 2. The molecule has 6 nitrogen and oxygen atoms in total. The quantitative estimate of drug-likeness (QED) is 0.414. The first-order valence-corrected chi connectivity index (χ1v) is 9.69. The van der Waals surface area contributed by atoms with E-state index < -0.39 is 17.8 Å². The molecule has 2 aromatic rings. The fourth-order valence-electron chi connectivity index (χ4n) is 2.80. The minimum Gasteiger partial charge on any atom is -0.462 e. The normalized spacial score (nSPS) is 13.8. The number of aryl methyl sites for hydroxylation is 1. The molecule has 0 spiro atoms. The molecule has 0 saturated carbocycles. The third-order valence-electron chi connectivity index (χ3n) is 4.42. The molecule has 0 bridgehead atoms. The van der Waals surface area contributed by atoms with E-state index in [1.54, 1.807) is 36.4 Å². The third-order valence-corrected chi connectivity index (χ3v) is 4.77. The fourth-order valence-corrected chi connectivity index (χ4v) is 3.01. The van der Waals surface area contributed by atoms with Gasteiger partial charge in [-0.25, -0.2) is 9.69 Å². The molecular weight excluding hydrogens is 392 g/mol. The SMILES string of the molecule is CCCCOC(=O)c1cccc(NC2=C(Cl)C(=O)N(c3ccc(C)cc3)C2=O)c1. The second kappa shape index (κ2) is 8.92. The molecule has 0 unspecified atom stereocenters. The molecule has 1 aliphatic heterocycles. The zero-order valence-electron chi connectivity index (χ0n) is 16.2. The maximum Gasteiger partial charge on any atom is 0.338 e. The lowest BCUT2D eigenvalue weighted by molar-refractivity contribution is -0.120. The van der Waals surface area contributed by atoms with Crippen molar-refractivity contribution in [2.45, 2.75) is 26.7 Å². The van der Waals surface area contributed by atoms with Crippen LogP contribution in [0, 0.1) is 6.92 Å². The van der Waals surface area contributed by atoms with Gasteiger partial charge in [0.15, 0.2) is 0 Å². The number of carbonyl (C=O) groups excluding carboxylic acids is 3. The van der Waals surface area contributed by atoms with E-state index in [2.05, 4.69) is 5.32 Å². The molecule has 1 aliphatic rings. The Morgan fingerprint density at radius 1 is 1.10 bits per heavy atom. The van der Waals surface area contributed by atoms with Crippen LogP contribution in [-0.2, 0) is 14.3 Å². The van der Waals surface area contributed by atoms with Crippen LogP contribution in [0.15, 0.2) is 59.3 Å². The Bertz CT molecular complexity index is 983. The van der Waals surface area contributed by atoms with Crippen molar-refractivity contribution < 1.29 is 19.1 Å². The average molecular weight is 413 g/mol. The predicted molar refractivity (Wildman–Crippen MR) is 112 cm³/mol. The molecular formula is C22H21ClN2O4. The average Bonchev–Trinajstić information content (AvgIpc) is 2.92. The number of hydrogen-bond donors (Lipinski definition) is 1. The first-order valence-electron chi connectivity index (χ1n) is 9.31. The molecule has 7 heteroatoms. The Labute approximate surface area is 174 Å². The van der Waals surface area contributed by atoms with Gasteiger partial charge >= 0.3 is 5.97 Å². The number of rotatable bonds is 7. The summed E-state index contributed by atoms with van der Waals surface area (Å²) in [5.74, 6) is -1.60. The second-order valence-corrected chi connectivity index (χ2v) is 7.04. The molecule has 1 heterocycles. The number of amides is 2. The number of esters is 1. The molecule has 0 atom stereocenters. The maximum atomic E-state index is 12.8. The molecule has 29 heavy (non-hydrogen) atoms. The lowest BCUT2D eigenvalue weighted by Crippen LogP contribution is -2.32. The van der Waals surface area contributed by atoms with E-state index in [-0.39, 0.29) is 10.7 Å². The highest BCUT2D eigenvalue weighted by Crippen LogP contribution is 2.30. The number of benzene rings is 2. The Morgan fingerprint density at radius 3 is 2.52 bits per heavy atom. The molecule has 0 fully saturated rings. The van der Waals surface area contributed by atoms with Crippen molar-refractivity contribution in [3.63, 3.8) is 0 Å². The lowest BCUT2D eigenvalue weighted by Gasteiger charge is -2.15. The van der Waals surface area contributed by atoms with Crippen LogP contribution in [0.4, 0.5) is 11.4 Å². The molecule has 1 N–H and O–H groups in total. The Hall–Kier alpha value is -3.12. The molecule has 0 aliphatic carbocycles. The molecule has 0 aromatic heterocycles. The van der Waals surface area contributed by atoms with E-state index in [9.17, 15) is 14.4 Å². The Balaban J connectivity index is 1.78. The van der Waals surface area contributed by atoms with E-state index in [1.807, 2.05) is 26.0 Å². The first-order chi connectivity index (χ1) is 13.9. The number of halogens is 1. The topological polar surface area (TPSA) is 75.7 Å². The van der Waals surface area contributed by atoms with Gasteiger partial charge in [0.2, 0.25) is 0 Å². The minimum absolute atomic E-state index is 0.0336. The van der Waals surface area contributed by atoms with Crippen LogP contribution in [0.25, 0.3) is 0 Å². The summed E-state index contributed by atoms with van der Waals surface area (Å²) >= 11 is 6.15. The van der Waals surface area contributed by atoms with Gasteiger partial charge in [-0.05, 0) is 43.7 Å². The maximum absolute atomic E-state index is 12.8. The molecule has 0 saturated heterocycles. The number of ether oxygens (including phenoxy) is 1. The van der Waals surface area contributed by atoms with Crippen LogP contribution in [0.5, 0.6) is 0 Å². The predicted octanol–water partition coefficient (Wildman–Crippen LogP) is 4.39. The zero-order chi connectivity index (χ0) is 21.0. The van der Waals surface area contributed by atoms with Gasteiger partial charge in [0.05, 0.1) is 17.9 Å². The van der Waals surface area contributed by atoms with Gasteiger partial charge in [-0.2, -0.15) is 0 Å². The van der Waals surface area contributed by atoms with E-state index in [0.29, 0.717) is 23.5 Å². The molecule has 3 rings (SSSR count). The van der Waals surface area contributed by atoms with E-state index in [4.69, 9.17) is 16.3 Å². The van der Waals surface area contributed by atoms with Gasteiger partial charge in [-0.15, -0.1) is 0 Å². The van der Waals surface area contributed by atoms with Crippen molar-refractivity contribution >= 4 is 40.8 Å². The van der Waals surface area contributed by atoms with Crippen molar-refractivity contribution in [3.05, 3.63) is 70.4 Å². The van der Waals surface area contributed by atoms with Crippen molar-refractivity contribution in [1.29, 1.82) is 0 Å². The number of nitrogens with one attached hydrogen (secondary N) is 1. The number of hydrogen-bond acceptors (Lipinski definition) is 5. The Morgan fingerprint density at radius 2 is 1.83 bits per heavy atom. The highest BCUT2D eigenvalue weighted by Gasteiger charge is 2.38. The van der Waals surface area contributed by atoms with Crippen LogP contribution in [0.2, 0.25) is 0 Å². The standard InChI is InChI=1S/C22H21ClN2O4/c1-3-4-12-29-22(28)15-6-5-7-16(13-15)24-19-18(23)20(26)25(21(19)27)17-10-8-14(2)9-11-17/h5-11,13,24H,3-4,12H2,1-2H3. The zero-order valence-corrected chi connectivity index (χ0v) is 17.0. The van der Waals surface area contributed by atoms with Gasteiger partial charge in [0, 0.05) is 5.69 Å². The van der Waals surface area contributed by atoms with E-state index >= 15 is 0 Å². The molecule has 2 amide bonds. The summed E-state index contributed by atoms with van der Waals surface area (Å²) < 4.78 is 5.20. The first kappa shape index (κ1) is 20.6. The lowest BCUT2D eigenvalue weighted by atomic mass is 10.2. The molecule has 2 aromatic carbocycles. The van der Waals surface area contributed by atoms with Gasteiger partial charge in [-0.3, -0.25) is 9.59 Å². The van der Waals surface area contributed by atoms with Gasteiger partial charge < -0.3 is 10.1 Å². The fraction of sp³-hybridized carbons (Fsp3) is 0.227. The van der Waals surface area contributed by atoms with Crippen molar-refractivity contribution in [1.82, 2.24) is 0 Å². The summed E-state index contributed by atoms with van der Waals surface area (Å²) in [7, 11) is 0. The van der Waals surface area contributed by atoms with Crippen molar-refractivity contribution in [2.75, 3.05) is 16.8 Å². The summed E-state index contributed by atoms with van der Waals surface area (Å²) in [5, 5.41) is 2.67. The molecule has 0 radical (unpaired) electrons. The van der Waals surface area contributed by atoms with E-state index in [1.165, 1.54) is 0 Å². The smallest absolute Gasteiger partial charge is 0.338 e. The summed E-state index contributed by atoms with van der Waals surface area (Å²) in [5.41, 5.74) is 2.21. The van der Waals surface area contributed by atoms with Crippen molar-refractivity contribution in [3.8, 4) is 0 Å². The third kappa shape index (κ3) is 4.49. The summed E-state index contributed by atoms with van der Waals surface area (Å²) in [6, 6.07) is 13.5. The van der Waals surface area contributed by atoms with Crippen LogP contribution in [0.1, 0.15) is 35.7 Å². The summed E-state index contributed by atoms with van der Waals surface area (Å²) in [6.07, 6.45) is 1.72. The number of nitrogens with zero attached hydrogens (tertiary/aromatic N) is 1. The number of unbranched alkanes of at least 4 members (excludes halogenated alkanes) is 1. The summed E-state index contributed by atoms with van der Waals surface area (Å²) in [4.78, 5) is 38.5. The summed E-state index contributed by atoms with van der Waals surface area (Å²) in [6.45, 7) is 4.27. The van der Waals surface area contributed by atoms with Gasteiger partial charge in [0.25, 0.3) is 11.8 Å². The number of imide groups is 1. The second-order valence-electron chi connectivity index (χ2n) is 6.67. The van der Waals surface area contributed by atoms with Crippen LogP contribution in [0.3, 0.4) is 0 Å². The van der Waals surface area contributed by atoms with E-state index in [0.717, 1.165) is 23.3 Å². The largest absolute Gasteiger partial charge is 0.462 e. The van der Waals surface area contributed by atoms with Crippen LogP contribution in [-0.4, -0.2) is 24.4 Å². The minimum atomic E-state index is -0.599. The monoisotopic (exact) mass is 412 g/mol. The molecule has 150 valence electrons. The Kier molecular flexibility index (Phi) is 6.34. The highest BCUT2D eigenvalue weighted by atomic mass is 35.5. The highest BCUT2D eigenvalue weighted by molar-refractivity contribution is 6.53. The van der Waals surface area contributed by atoms with Gasteiger partial charge in [-0.1, -0.05) is 48.7 Å². The van der Waals surface area contributed by atoms with Crippen molar-refractivity contribution in [2.24, 2.45) is 0 Å². The number of carbonyl (C=O) groups is 3. The van der Waals surface area contributed by atoms with Gasteiger partial charge in [0.1, 0.15) is 10.7 Å². The van der Waals surface area contributed by atoms with Crippen LogP contribution < -0.4 is 10.2 Å².